The van der Waals surface area contributed by atoms with Crippen molar-refractivity contribution in [2.24, 2.45) is 5.73 Å². The highest BCUT2D eigenvalue weighted by Gasteiger charge is 2.10. The van der Waals surface area contributed by atoms with E-state index in [0.717, 1.165) is 5.56 Å². The van der Waals surface area contributed by atoms with Crippen molar-refractivity contribution in [3.63, 3.8) is 0 Å². The van der Waals surface area contributed by atoms with Crippen LogP contribution in [0.15, 0.2) is 30.9 Å². The topological polar surface area (TPSA) is 35.2 Å². The Balaban J connectivity index is 3.01. The molecule has 82 valence electrons. The first-order valence-electron chi connectivity index (χ1n) is 4.89. The van der Waals surface area contributed by atoms with Gasteiger partial charge in [0.25, 0.3) is 0 Å². The second kappa shape index (κ2) is 4.94. The summed E-state index contributed by atoms with van der Waals surface area (Å²) in [4.78, 5) is 0. The van der Waals surface area contributed by atoms with Gasteiger partial charge in [-0.05, 0) is 19.9 Å². The van der Waals surface area contributed by atoms with Crippen molar-refractivity contribution in [1.29, 1.82) is 0 Å². The molecule has 1 unspecified atom stereocenters. The van der Waals surface area contributed by atoms with Crippen LogP contribution in [0, 0.1) is 5.82 Å². The Morgan fingerprint density at radius 1 is 1.47 bits per heavy atom. The van der Waals surface area contributed by atoms with Crippen molar-refractivity contribution >= 4 is 0 Å². The summed E-state index contributed by atoms with van der Waals surface area (Å²) in [6.07, 6.45) is 1.49. The standard InChI is InChI=1S/C12H16FNO/c1-4-8(2)15-12-7-10(13)5-6-11(12)9(3)14/h4-9H,1,14H2,2-3H3/t8?,9-/m1/s1. The van der Waals surface area contributed by atoms with Gasteiger partial charge in [-0.2, -0.15) is 0 Å². The first-order valence-corrected chi connectivity index (χ1v) is 4.89. The summed E-state index contributed by atoms with van der Waals surface area (Å²) in [5.74, 6) is 0.156. The lowest BCUT2D eigenvalue weighted by Gasteiger charge is -2.16. The van der Waals surface area contributed by atoms with Crippen LogP contribution in [0.2, 0.25) is 0 Å². The fraction of sp³-hybridized carbons (Fsp3) is 0.333. The van der Waals surface area contributed by atoms with Gasteiger partial charge in [-0.3, -0.25) is 0 Å². The fourth-order valence-electron chi connectivity index (χ4n) is 1.23. The van der Waals surface area contributed by atoms with Crippen LogP contribution in [0.3, 0.4) is 0 Å². The van der Waals surface area contributed by atoms with Crippen LogP contribution in [0.1, 0.15) is 25.5 Å². The molecule has 0 saturated carbocycles. The number of hydrogen-bond acceptors (Lipinski definition) is 2. The Labute approximate surface area is 89.6 Å². The van der Waals surface area contributed by atoms with Gasteiger partial charge in [-0.1, -0.05) is 18.7 Å². The van der Waals surface area contributed by atoms with Crippen molar-refractivity contribution in [3.05, 3.63) is 42.2 Å². The third-order valence-electron chi connectivity index (χ3n) is 2.11. The smallest absolute Gasteiger partial charge is 0.127 e. The minimum absolute atomic E-state index is 0.163. The van der Waals surface area contributed by atoms with Crippen LogP contribution in [0.25, 0.3) is 0 Å². The summed E-state index contributed by atoms with van der Waals surface area (Å²) in [6, 6.07) is 4.19. The molecule has 15 heavy (non-hydrogen) atoms. The summed E-state index contributed by atoms with van der Waals surface area (Å²) in [6.45, 7) is 7.27. The number of hydrogen-bond donors (Lipinski definition) is 1. The Morgan fingerprint density at radius 2 is 2.13 bits per heavy atom. The Morgan fingerprint density at radius 3 is 2.67 bits per heavy atom. The zero-order valence-electron chi connectivity index (χ0n) is 9.03. The zero-order valence-corrected chi connectivity index (χ0v) is 9.03. The predicted octanol–water partition coefficient (Wildman–Crippen LogP) is 2.80. The maximum atomic E-state index is 13.0. The summed E-state index contributed by atoms with van der Waals surface area (Å²) in [5, 5.41) is 0. The van der Waals surface area contributed by atoms with Crippen LogP contribution in [0.4, 0.5) is 4.39 Å². The second-order valence-electron chi connectivity index (χ2n) is 3.53. The van der Waals surface area contributed by atoms with E-state index >= 15 is 0 Å². The van der Waals surface area contributed by atoms with E-state index in [0.29, 0.717) is 5.75 Å². The van der Waals surface area contributed by atoms with Crippen LogP contribution in [-0.4, -0.2) is 6.10 Å². The van der Waals surface area contributed by atoms with Crippen molar-refractivity contribution in [1.82, 2.24) is 0 Å². The Hall–Kier alpha value is -1.35. The third-order valence-corrected chi connectivity index (χ3v) is 2.11. The van der Waals surface area contributed by atoms with Gasteiger partial charge in [0.05, 0.1) is 0 Å². The minimum Gasteiger partial charge on any atom is -0.486 e. The summed E-state index contributed by atoms with van der Waals surface area (Å²) < 4.78 is 18.5. The number of benzene rings is 1. The van der Waals surface area contributed by atoms with Gasteiger partial charge in [0, 0.05) is 17.7 Å². The van der Waals surface area contributed by atoms with Crippen LogP contribution in [0.5, 0.6) is 5.75 Å². The van der Waals surface area contributed by atoms with Crippen molar-refractivity contribution < 1.29 is 9.13 Å². The lowest BCUT2D eigenvalue weighted by Crippen LogP contribution is -2.13. The van der Waals surface area contributed by atoms with Crippen LogP contribution >= 0.6 is 0 Å². The number of halogens is 1. The lowest BCUT2D eigenvalue weighted by molar-refractivity contribution is 0.265. The van der Waals surface area contributed by atoms with Crippen LogP contribution < -0.4 is 10.5 Å². The highest BCUT2D eigenvalue weighted by molar-refractivity contribution is 5.36. The quantitative estimate of drug-likeness (QED) is 0.774. The molecule has 0 aromatic heterocycles. The largest absolute Gasteiger partial charge is 0.486 e. The average Bonchev–Trinajstić information content (AvgIpc) is 2.17. The molecular weight excluding hydrogens is 193 g/mol. The fourth-order valence-corrected chi connectivity index (χ4v) is 1.23. The second-order valence-corrected chi connectivity index (χ2v) is 3.53. The molecule has 2 N–H and O–H groups in total. The van der Waals surface area contributed by atoms with Gasteiger partial charge >= 0.3 is 0 Å². The van der Waals surface area contributed by atoms with E-state index in [1.807, 2.05) is 13.8 Å². The molecule has 0 amide bonds. The van der Waals surface area contributed by atoms with E-state index in [-0.39, 0.29) is 18.0 Å². The average molecular weight is 209 g/mol. The monoisotopic (exact) mass is 209 g/mol. The van der Waals surface area contributed by atoms with E-state index in [1.54, 1.807) is 12.1 Å². The van der Waals surface area contributed by atoms with Gasteiger partial charge in [0.2, 0.25) is 0 Å². The number of rotatable bonds is 4. The maximum absolute atomic E-state index is 13.0. The maximum Gasteiger partial charge on any atom is 0.127 e. The normalized spacial score (nSPS) is 14.4. The molecule has 0 spiro atoms. The Kier molecular flexibility index (Phi) is 3.86. The highest BCUT2D eigenvalue weighted by Crippen LogP contribution is 2.25. The molecule has 0 aliphatic rings. The molecule has 0 aliphatic carbocycles. The van der Waals surface area contributed by atoms with Crippen molar-refractivity contribution in [2.75, 3.05) is 0 Å². The first-order chi connectivity index (χ1) is 7.04. The summed E-state index contributed by atoms with van der Waals surface area (Å²) in [7, 11) is 0. The van der Waals surface area contributed by atoms with E-state index in [9.17, 15) is 4.39 Å². The predicted molar refractivity (Wildman–Crippen MR) is 59.3 cm³/mol. The van der Waals surface area contributed by atoms with E-state index < -0.39 is 0 Å². The van der Waals surface area contributed by atoms with Crippen molar-refractivity contribution in [2.45, 2.75) is 26.0 Å². The van der Waals surface area contributed by atoms with Crippen LogP contribution in [-0.2, 0) is 0 Å². The van der Waals surface area contributed by atoms with Gasteiger partial charge in [0.1, 0.15) is 17.7 Å². The van der Waals surface area contributed by atoms with Gasteiger partial charge in [-0.15, -0.1) is 0 Å². The van der Waals surface area contributed by atoms with Gasteiger partial charge in [-0.25, -0.2) is 4.39 Å². The molecule has 0 fully saturated rings. The molecule has 0 saturated heterocycles. The van der Waals surface area contributed by atoms with Gasteiger partial charge in [0.15, 0.2) is 0 Å². The zero-order chi connectivity index (χ0) is 11.4. The molecule has 0 heterocycles. The number of nitrogens with two attached hydrogens (primary N) is 1. The van der Waals surface area contributed by atoms with E-state index in [1.165, 1.54) is 12.1 Å². The minimum atomic E-state index is -0.328. The lowest BCUT2D eigenvalue weighted by atomic mass is 10.1. The molecule has 2 atom stereocenters. The molecule has 1 aromatic carbocycles. The van der Waals surface area contributed by atoms with E-state index in [4.69, 9.17) is 10.5 Å². The molecule has 0 bridgehead atoms. The molecule has 0 aliphatic heterocycles. The summed E-state index contributed by atoms with van der Waals surface area (Å²) >= 11 is 0. The number of ether oxygens (including phenoxy) is 1. The summed E-state index contributed by atoms with van der Waals surface area (Å²) in [5.41, 5.74) is 6.55. The highest BCUT2D eigenvalue weighted by atomic mass is 19.1. The molecular formula is C12H16FNO. The molecule has 1 aromatic rings. The Bertz CT molecular complexity index is 349. The molecule has 1 rings (SSSR count). The van der Waals surface area contributed by atoms with Crippen molar-refractivity contribution in [3.8, 4) is 5.75 Å². The van der Waals surface area contributed by atoms with E-state index in [2.05, 4.69) is 6.58 Å². The SMILES string of the molecule is C=CC(C)Oc1cc(F)ccc1[C@@H](C)N. The molecule has 0 radical (unpaired) electrons. The molecule has 2 nitrogen and oxygen atoms in total. The molecule has 3 heteroatoms. The van der Waals surface area contributed by atoms with Gasteiger partial charge < -0.3 is 10.5 Å². The third kappa shape index (κ3) is 3.06. The first kappa shape index (κ1) is 11.7.